The molecule has 0 radical (unpaired) electrons. The zero-order valence-electron chi connectivity index (χ0n) is 20.3. The minimum atomic E-state index is -3.57. The molecule has 2 N–H and O–H groups in total. The quantitative estimate of drug-likeness (QED) is 0.318. The molecule has 0 aliphatic rings. The van der Waals surface area contributed by atoms with Gasteiger partial charge in [0.2, 0.25) is 10.0 Å². The van der Waals surface area contributed by atoms with E-state index in [9.17, 15) is 13.2 Å². The highest BCUT2D eigenvalue weighted by Gasteiger charge is 2.22. The van der Waals surface area contributed by atoms with Crippen molar-refractivity contribution in [1.29, 1.82) is 0 Å². The molecule has 2 aromatic carbocycles. The fourth-order valence-corrected chi connectivity index (χ4v) is 5.42. The molecule has 36 heavy (non-hydrogen) atoms. The summed E-state index contributed by atoms with van der Waals surface area (Å²) in [6, 6.07) is 13.2. The lowest BCUT2D eigenvalue weighted by molar-refractivity contribution is 0.602. The van der Waals surface area contributed by atoms with Crippen molar-refractivity contribution in [1.82, 2.24) is 19.1 Å². The third-order valence-corrected chi connectivity index (χ3v) is 8.10. The van der Waals surface area contributed by atoms with E-state index in [0.717, 1.165) is 33.4 Å². The molecule has 1 atom stereocenters. The number of aryl methyl sites for hydroxylation is 2. The minimum absolute atomic E-state index is 0.0680. The van der Waals surface area contributed by atoms with Crippen molar-refractivity contribution >= 4 is 49.2 Å². The van der Waals surface area contributed by atoms with Crippen LogP contribution in [0.5, 0.6) is 0 Å². The Bertz CT molecular complexity index is 1780. The number of sulfonamides is 1. The zero-order valence-corrected chi connectivity index (χ0v) is 21.9. The van der Waals surface area contributed by atoms with Crippen LogP contribution in [0.4, 0.5) is 5.69 Å². The fraction of sp³-hybridized carbons (Fsp3) is 0.231. The number of aromatic amines is 1. The number of benzene rings is 2. The Kier molecular flexibility index (Phi) is 5.92. The van der Waals surface area contributed by atoms with Crippen LogP contribution in [0.25, 0.3) is 33.1 Å². The lowest BCUT2D eigenvalue weighted by Gasteiger charge is -2.18. The van der Waals surface area contributed by atoms with E-state index < -0.39 is 10.0 Å². The predicted octanol–water partition coefficient (Wildman–Crippen LogP) is 5.22. The fourth-order valence-electron chi connectivity index (χ4n) is 4.66. The van der Waals surface area contributed by atoms with E-state index in [1.165, 1.54) is 4.57 Å². The van der Waals surface area contributed by atoms with Gasteiger partial charge in [0.05, 0.1) is 23.0 Å². The summed E-state index contributed by atoms with van der Waals surface area (Å²) in [5.74, 6) is 0.676. The van der Waals surface area contributed by atoms with Crippen molar-refractivity contribution in [3.05, 3.63) is 81.6 Å². The van der Waals surface area contributed by atoms with Crippen LogP contribution in [0.1, 0.15) is 31.3 Å². The van der Waals surface area contributed by atoms with Gasteiger partial charge in [-0.1, -0.05) is 23.7 Å². The highest BCUT2D eigenvalue weighted by molar-refractivity contribution is 7.92. The molecule has 0 amide bonds. The SMILES string of the molecule is CCS(=O)(=O)Nc1cc(-c2cn(C)c(=O)c3[nH]ccc23)cc2c1nc(C)n2C(C)c1ccc(Cl)cc1. The number of anilines is 1. The van der Waals surface area contributed by atoms with Gasteiger partial charge < -0.3 is 14.1 Å². The third kappa shape index (κ3) is 4.08. The Balaban J connectivity index is 1.81. The van der Waals surface area contributed by atoms with Gasteiger partial charge in [0.1, 0.15) is 16.9 Å². The number of rotatable bonds is 6. The molecule has 3 aromatic heterocycles. The lowest BCUT2D eigenvalue weighted by atomic mass is 10.0. The highest BCUT2D eigenvalue weighted by Crippen LogP contribution is 2.36. The summed E-state index contributed by atoms with van der Waals surface area (Å²) < 4.78 is 31.5. The number of imidazole rings is 1. The molecule has 0 saturated carbocycles. The largest absolute Gasteiger partial charge is 0.357 e. The van der Waals surface area contributed by atoms with Crippen molar-refractivity contribution in [3.8, 4) is 11.1 Å². The lowest BCUT2D eigenvalue weighted by Crippen LogP contribution is -2.17. The molecule has 0 saturated heterocycles. The minimum Gasteiger partial charge on any atom is -0.357 e. The smallest absolute Gasteiger partial charge is 0.274 e. The molecule has 10 heteroatoms. The standard InChI is InChI=1S/C26H26ClN5O3S/c1-5-36(34,35)30-22-12-18(21-14-31(4)26(33)24-20(21)10-11-28-24)13-23-25(22)29-16(3)32(23)15(2)17-6-8-19(27)9-7-17/h6-15,28,30H,5H2,1-4H3. The van der Waals surface area contributed by atoms with Crippen LogP contribution < -0.4 is 10.3 Å². The van der Waals surface area contributed by atoms with Gasteiger partial charge in [0.15, 0.2) is 0 Å². The van der Waals surface area contributed by atoms with Crippen molar-refractivity contribution < 1.29 is 8.42 Å². The number of halogens is 1. The van der Waals surface area contributed by atoms with Crippen molar-refractivity contribution in [2.75, 3.05) is 10.5 Å². The summed E-state index contributed by atoms with van der Waals surface area (Å²) in [6.45, 7) is 5.56. The van der Waals surface area contributed by atoms with Crippen LogP contribution >= 0.6 is 11.6 Å². The number of hydrogen-bond donors (Lipinski definition) is 2. The Morgan fingerprint density at radius 3 is 2.58 bits per heavy atom. The molecule has 0 aliphatic carbocycles. The van der Waals surface area contributed by atoms with Gasteiger partial charge in [-0.2, -0.15) is 0 Å². The Labute approximate surface area is 213 Å². The molecular weight excluding hydrogens is 498 g/mol. The Morgan fingerprint density at radius 2 is 1.89 bits per heavy atom. The number of nitrogens with one attached hydrogen (secondary N) is 2. The maximum atomic E-state index is 12.6. The van der Waals surface area contributed by atoms with Crippen LogP contribution in [-0.2, 0) is 17.1 Å². The van der Waals surface area contributed by atoms with E-state index in [1.807, 2.05) is 43.3 Å². The maximum Gasteiger partial charge on any atom is 0.274 e. The van der Waals surface area contributed by atoms with Gasteiger partial charge in [0, 0.05) is 35.4 Å². The number of aromatic nitrogens is 4. The van der Waals surface area contributed by atoms with Crippen LogP contribution in [0.15, 0.2) is 59.7 Å². The average molecular weight is 524 g/mol. The van der Waals surface area contributed by atoms with Crippen molar-refractivity contribution in [2.45, 2.75) is 26.8 Å². The first-order valence-electron chi connectivity index (χ1n) is 11.5. The normalized spacial score (nSPS) is 12.9. The predicted molar refractivity (Wildman–Crippen MR) is 145 cm³/mol. The molecule has 0 bridgehead atoms. The number of H-pyrrole nitrogens is 1. The van der Waals surface area contributed by atoms with Gasteiger partial charge in [-0.25, -0.2) is 13.4 Å². The molecule has 5 rings (SSSR count). The van der Waals surface area contributed by atoms with Crippen molar-refractivity contribution in [2.24, 2.45) is 7.05 Å². The Morgan fingerprint density at radius 1 is 1.17 bits per heavy atom. The van der Waals surface area contributed by atoms with E-state index in [-0.39, 0.29) is 17.4 Å². The summed E-state index contributed by atoms with van der Waals surface area (Å²) in [4.78, 5) is 20.4. The van der Waals surface area contributed by atoms with Gasteiger partial charge in [-0.3, -0.25) is 9.52 Å². The van der Waals surface area contributed by atoms with Gasteiger partial charge >= 0.3 is 0 Å². The van der Waals surface area contributed by atoms with Crippen molar-refractivity contribution in [3.63, 3.8) is 0 Å². The summed E-state index contributed by atoms with van der Waals surface area (Å²) in [6.07, 6.45) is 3.50. The second-order valence-corrected chi connectivity index (χ2v) is 11.3. The summed E-state index contributed by atoms with van der Waals surface area (Å²) in [7, 11) is -1.87. The second-order valence-electron chi connectivity index (χ2n) is 8.88. The summed E-state index contributed by atoms with van der Waals surface area (Å²) in [5, 5.41) is 1.41. The number of hydrogen-bond acceptors (Lipinski definition) is 4. The first-order chi connectivity index (χ1) is 17.1. The van der Waals surface area contributed by atoms with Crippen LogP contribution in [0.2, 0.25) is 5.02 Å². The van der Waals surface area contributed by atoms with E-state index in [1.54, 1.807) is 32.4 Å². The van der Waals surface area contributed by atoms with Gasteiger partial charge in [0.25, 0.3) is 5.56 Å². The zero-order chi connectivity index (χ0) is 25.8. The summed E-state index contributed by atoms with van der Waals surface area (Å²) >= 11 is 6.10. The number of pyridine rings is 1. The van der Waals surface area contributed by atoms with Gasteiger partial charge in [-0.15, -0.1) is 0 Å². The molecule has 8 nitrogen and oxygen atoms in total. The molecule has 5 aromatic rings. The van der Waals surface area contributed by atoms with Crippen LogP contribution in [0.3, 0.4) is 0 Å². The summed E-state index contributed by atoms with van der Waals surface area (Å²) in [5.41, 5.74) is 4.69. The van der Waals surface area contributed by atoms with E-state index >= 15 is 0 Å². The van der Waals surface area contributed by atoms with E-state index in [2.05, 4.69) is 21.2 Å². The molecular formula is C26H26ClN5O3S. The first-order valence-corrected chi connectivity index (χ1v) is 13.6. The molecule has 0 spiro atoms. The molecule has 1 unspecified atom stereocenters. The maximum absolute atomic E-state index is 12.6. The van der Waals surface area contributed by atoms with E-state index in [0.29, 0.717) is 21.7 Å². The molecule has 3 heterocycles. The molecule has 186 valence electrons. The first kappa shape index (κ1) is 24.1. The van der Waals surface area contributed by atoms with E-state index in [4.69, 9.17) is 16.6 Å². The molecule has 0 aliphatic heterocycles. The number of nitrogens with zero attached hydrogens (tertiary/aromatic N) is 3. The monoisotopic (exact) mass is 523 g/mol. The topological polar surface area (TPSA) is 102 Å². The van der Waals surface area contributed by atoms with Crippen LogP contribution in [0, 0.1) is 6.92 Å². The highest BCUT2D eigenvalue weighted by atomic mass is 35.5. The average Bonchev–Trinajstić information content (AvgIpc) is 3.46. The third-order valence-electron chi connectivity index (χ3n) is 6.56. The molecule has 0 fully saturated rings. The second kappa shape index (κ2) is 8.83. The van der Waals surface area contributed by atoms with Crippen LogP contribution in [-0.4, -0.2) is 33.3 Å². The number of fused-ring (bicyclic) bond motifs is 2. The Hall–Kier alpha value is -3.56. The van der Waals surface area contributed by atoms with Gasteiger partial charge in [-0.05, 0) is 62.2 Å².